The predicted molar refractivity (Wildman–Crippen MR) is 114 cm³/mol. The van der Waals surface area contributed by atoms with E-state index in [2.05, 4.69) is 10.6 Å². The molecule has 0 aromatic heterocycles. The van der Waals surface area contributed by atoms with Crippen molar-refractivity contribution in [1.29, 1.82) is 0 Å². The smallest absolute Gasteiger partial charge is 0.317 e. The Morgan fingerprint density at radius 3 is 2.10 bits per heavy atom. The summed E-state index contributed by atoms with van der Waals surface area (Å²) in [5, 5.41) is 5.58. The number of hydrogen-bond acceptors (Lipinski definition) is 5. The van der Waals surface area contributed by atoms with Crippen LogP contribution < -0.4 is 24.8 Å². The second-order valence-electron chi connectivity index (χ2n) is 6.63. The maximum absolute atomic E-state index is 12.2. The highest BCUT2D eigenvalue weighted by molar-refractivity contribution is 5.78. The van der Waals surface area contributed by atoms with E-state index >= 15 is 0 Å². The topological polar surface area (TPSA) is 89.1 Å². The number of nitrogens with one attached hydrogen (secondary N) is 2. The molecule has 0 atom stereocenters. The maximum Gasteiger partial charge on any atom is 0.317 e. The number of rotatable bonds is 10. The number of hydrogen-bond donors (Lipinski definition) is 2. The Morgan fingerprint density at radius 1 is 0.900 bits per heavy atom. The molecule has 0 heterocycles. The lowest BCUT2D eigenvalue weighted by Gasteiger charge is -2.18. The van der Waals surface area contributed by atoms with E-state index in [9.17, 15) is 9.59 Å². The molecular weight excluding hydrogens is 386 g/mol. The summed E-state index contributed by atoms with van der Waals surface area (Å²) in [5.41, 5.74) is 1.85. The first-order valence-electron chi connectivity index (χ1n) is 9.57. The predicted octanol–water partition coefficient (Wildman–Crippen LogP) is 2.56. The van der Waals surface area contributed by atoms with Crippen molar-refractivity contribution in [3.63, 3.8) is 0 Å². The van der Waals surface area contributed by atoms with Gasteiger partial charge in [-0.3, -0.25) is 4.79 Å². The van der Waals surface area contributed by atoms with Gasteiger partial charge in [0.15, 0.2) is 11.5 Å². The molecule has 0 spiro atoms. The number of carbonyl (C=O) groups excluding carboxylic acids is 2. The number of urea groups is 1. The highest BCUT2D eigenvalue weighted by Crippen LogP contribution is 2.38. The zero-order valence-electron chi connectivity index (χ0n) is 17.9. The van der Waals surface area contributed by atoms with Crippen LogP contribution in [0.2, 0.25) is 0 Å². The molecule has 0 aliphatic rings. The Hall–Kier alpha value is -3.42. The summed E-state index contributed by atoms with van der Waals surface area (Å²) < 4.78 is 15.9. The van der Waals surface area contributed by atoms with Crippen molar-refractivity contribution < 1.29 is 23.8 Å². The van der Waals surface area contributed by atoms with Gasteiger partial charge in [-0.2, -0.15) is 0 Å². The van der Waals surface area contributed by atoms with Crippen molar-refractivity contribution in [1.82, 2.24) is 15.5 Å². The fourth-order valence-corrected chi connectivity index (χ4v) is 2.87. The molecule has 2 aromatic carbocycles. The number of nitrogens with zero attached hydrogens (tertiary/aromatic N) is 1. The highest BCUT2D eigenvalue weighted by Gasteiger charge is 2.14. The molecule has 0 aliphatic heterocycles. The maximum atomic E-state index is 12.2. The van der Waals surface area contributed by atoms with Crippen LogP contribution in [0.25, 0.3) is 0 Å². The lowest BCUT2D eigenvalue weighted by atomic mass is 10.1. The summed E-state index contributed by atoms with van der Waals surface area (Å²) in [6.07, 6.45) is 0.176. The fourth-order valence-electron chi connectivity index (χ4n) is 2.87. The number of ether oxygens (including phenoxy) is 3. The van der Waals surface area contributed by atoms with Gasteiger partial charge in [-0.25, -0.2) is 4.79 Å². The molecule has 0 saturated carbocycles. The van der Waals surface area contributed by atoms with Gasteiger partial charge in [0.1, 0.15) is 0 Å². The number of amides is 3. The average Bonchev–Trinajstić information content (AvgIpc) is 2.77. The second-order valence-corrected chi connectivity index (χ2v) is 6.63. The zero-order valence-corrected chi connectivity index (χ0v) is 17.9. The lowest BCUT2D eigenvalue weighted by Crippen LogP contribution is -2.38. The SMILES string of the molecule is COc1cc(CNC(=O)CCNC(=O)N(C)Cc2ccccc2)cc(OC)c1OC. The van der Waals surface area contributed by atoms with Gasteiger partial charge in [-0.1, -0.05) is 30.3 Å². The van der Waals surface area contributed by atoms with Crippen molar-refractivity contribution in [3.05, 3.63) is 53.6 Å². The second kappa shape index (κ2) is 11.5. The summed E-state index contributed by atoms with van der Waals surface area (Å²) in [5.74, 6) is 1.37. The van der Waals surface area contributed by atoms with Crippen molar-refractivity contribution in [2.45, 2.75) is 19.5 Å². The van der Waals surface area contributed by atoms with Crippen LogP contribution in [0.1, 0.15) is 17.5 Å². The van der Waals surface area contributed by atoms with Crippen LogP contribution in [0.15, 0.2) is 42.5 Å². The first-order chi connectivity index (χ1) is 14.5. The van der Waals surface area contributed by atoms with Crippen LogP contribution in [0.5, 0.6) is 17.2 Å². The van der Waals surface area contributed by atoms with Gasteiger partial charge in [-0.05, 0) is 23.3 Å². The fraction of sp³-hybridized carbons (Fsp3) is 0.364. The molecule has 8 nitrogen and oxygen atoms in total. The Kier molecular flexibility index (Phi) is 8.80. The zero-order chi connectivity index (χ0) is 21.9. The largest absolute Gasteiger partial charge is 0.493 e. The van der Waals surface area contributed by atoms with E-state index in [0.717, 1.165) is 11.1 Å². The van der Waals surface area contributed by atoms with Crippen molar-refractivity contribution in [2.75, 3.05) is 34.9 Å². The van der Waals surface area contributed by atoms with Gasteiger partial charge in [0.05, 0.1) is 21.3 Å². The molecule has 0 saturated heterocycles. The van der Waals surface area contributed by atoms with Crippen molar-refractivity contribution in [2.24, 2.45) is 0 Å². The molecule has 2 rings (SSSR count). The normalized spacial score (nSPS) is 10.1. The van der Waals surface area contributed by atoms with Gasteiger partial charge in [0.25, 0.3) is 0 Å². The van der Waals surface area contributed by atoms with Crippen molar-refractivity contribution >= 4 is 11.9 Å². The third-order valence-electron chi connectivity index (χ3n) is 4.45. The van der Waals surface area contributed by atoms with Crippen LogP contribution in [0.4, 0.5) is 4.79 Å². The van der Waals surface area contributed by atoms with E-state index in [1.165, 1.54) is 21.3 Å². The Labute approximate surface area is 177 Å². The lowest BCUT2D eigenvalue weighted by molar-refractivity contribution is -0.121. The minimum absolute atomic E-state index is 0.172. The molecule has 0 unspecified atom stereocenters. The van der Waals surface area contributed by atoms with E-state index in [4.69, 9.17) is 14.2 Å². The molecule has 0 aliphatic carbocycles. The highest BCUT2D eigenvalue weighted by atomic mass is 16.5. The number of carbonyl (C=O) groups is 2. The van der Waals surface area contributed by atoms with E-state index < -0.39 is 0 Å². The van der Waals surface area contributed by atoms with Gasteiger partial charge in [0, 0.05) is 33.1 Å². The minimum atomic E-state index is -0.226. The average molecular weight is 415 g/mol. The Balaban J connectivity index is 1.78. The van der Waals surface area contributed by atoms with Gasteiger partial charge in [-0.15, -0.1) is 0 Å². The van der Waals surface area contributed by atoms with Gasteiger partial charge >= 0.3 is 6.03 Å². The van der Waals surface area contributed by atoms with Crippen LogP contribution in [0.3, 0.4) is 0 Å². The van der Waals surface area contributed by atoms with Crippen molar-refractivity contribution in [3.8, 4) is 17.2 Å². The number of methoxy groups -OCH3 is 3. The Morgan fingerprint density at radius 2 is 1.53 bits per heavy atom. The Bertz CT molecular complexity index is 817. The molecular formula is C22H29N3O5. The van der Waals surface area contributed by atoms with Crippen LogP contribution in [-0.2, 0) is 17.9 Å². The van der Waals surface area contributed by atoms with E-state index in [1.54, 1.807) is 24.1 Å². The summed E-state index contributed by atoms with van der Waals surface area (Å²) >= 11 is 0. The standard InChI is InChI=1S/C22H29N3O5/c1-25(15-16-8-6-5-7-9-16)22(27)23-11-10-20(26)24-14-17-12-18(28-2)21(30-4)19(13-17)29-3/h5-9,12-13H,10-11,14-15H2,1-4H3,(H,23,27)(H,24,26). The van der Waals surface area contributed by atoms with Crippen LogP contribution >= 0.6 is 0 Å². The first kappa shape index (κ1) is 22.9. The molecule has 162 valence electrons. The van der Waals surface area contributed by atoms with Crippen LogP contribution in [-0.4, -0.2) is 51.8 Å². The quantitative estimate of drug-likeness (QED) is 0.623. The van der Waals surface area contributed by atoms with Gasteiger partial charge in [0.2, 0.25) is 11.7 Å². The van der Waals surface area contributed by atoms with Gasteiger partial charge < -0.3 is 29.7 Å². The molecule has 2 aromatic rings. The first-order valence-corrected chi connectivity index (χ1v) is 9.57. The molecule has 8 heteroatoms. The number of benzene rings is 2. The van der Waals surface area contributed by atoms with E-state index in [0.29, 0.717) is 30.3 Å². The minimum Gasteiger partial charge on any atom is -0.493 e. The summed E-state index contributed by atoms with van der Waals surface area (Å²) in [7, 11) is 6.33. The molecule has 0 radical (unpaired) electrons. The molecule has 30 heavy (non-hydrogen) atoms. The third kappa shape index (κ3) is 6.58. The summed E-state index contributed by atoms with van der Waals surface area (Å²) in [6, 6.07) is 13.0. The molecule has 2 N–H and O–H groups in total. The molecule has 0 bridgehead atoms. The molecule has 3 amide bonds. The summed E-state index contributed by atoms with van der Waals surface area (Å²) in [4.78, 5) is 25.9. The molecule has 0 fully saturated rings. The van der Waals surface area contributed by atoms with E-state index in [1.807, 2.05) is 30.3 Å². The summed E-state index contributed by atoms with van der Waals surface area (Å²) in [6.45, 7) is 1.05. The van der Waals surface area contributed by atoms with Crippen LogP contribution in [0, 0.1) is 0 Å². The third-order valence-corrected chi connectivity index (χ3v) is 4.45. The van der Waals surface area contributed by atoms with E-state index in [-0.39, 0.29) is 24.9 Å². The monoisotopic (exact) mass is 415 g/mol.